The Labute approximate surface area is 82.3 Å². The number of nitrogen functional groups attached to an aromatic ring is 1. The molecule has 0 saturated carbocycles. The number of hydrogen-bond acceptors (Lipinski definition) is 4. The van der Waals surface area contributed by atoms with Crippen molar-refractivity contribution in [1.29, 1.82) is 0 Å². The normalized spacial score (nSPS) is 12.8. The molecule has 1 unspecified atom stereocenters. The standard InChI is InChI=1S/C9H15N3O2/c1-4-6-7(10)11-8(5(2)14-3)12-9(6)13/h5H,4H2,1-3H3,(H3,10,11,12,13). The average Bonchev–Trinajstić information content (AvgIpc) is 2.16. The second-order valence-corrected chi connectivity index (χ2v) is 3.05. The van der Waals surface area contributed by atoms with Gasteiger partial charge in [0.1, 0.15) is 17.7 Å². The molecule has 0 bridgehead atoms. The molecule has 5 nitrogen and oxygen atoms in total. The molecule has 1 heterocycles. The fourth-order valence-electron chi connectivity index (χ4n) is 1.18. The summed E-state index contributed by atoms with van der Waals surface area (Å²) in [6.07, 6.45) is 0.325. The SMILES string of the molecule is CCc1c(N)nc(C(C)OC)[nH]c1=O. The molecular formula is C9H15N3O2. The number of ether oxygens (including phenoxy) is 1. The molecular weight excluding hydrogens is 182 g/mol. The van der Waals surface area contributed by atoms with Crippen LogP contribution in [0.4, 0.5) is 5.82 Å². The fourth-order valence-corrected chi connectivity index (χ4v) is 1.18. The third-order valence-electron chi connectivity index (χ3n) is 2.16. The Morgan fingerprint density at radius 2 is 2.29 bits per heavy atom. The quantitative estimate of drug-likeness (QED) is 0.744. The molecule has 14 heavy (non-hydrogen) atoms. The maximum atomic E-state index is 11.5. The smallest absolute Gasteiger partial charge is 0.256 e. The second-order valence-electron chi connectivity index (χ2n) is 3.05. The molecule has 0 aliphatic heterocycles. The highest BCUT2D eigenvalue weighted by Crippen LogP contribution is 2.11. The van der Waals surface area contributed by atoms with Gasteiger partial charge >= 0.3 is 0 Å². The minimum atomic E-state index is -0.254. The van der Waals surface area contributed by atoms with Crippen LogP contribution >= 0.6 is 0 Å². The first-order chi connectivity index (χ1) is 6.60. The zero-order valence-corrected chi connectivity index (χ0v) is 8.63. The summed E-state index contributed by atoms with van der Waals surface area (Å²) in [6.45, 7) is 3.66. The van der Waals surface area contributed by atoms with Crippen molar-refractivity contribution in [2.24, 2.45) is 0 Å². The van der Waals surface area contributed by atoms with Gasteiger partial charge in [-0.3, -0.25) is 4.79 Å². The van der Waals surface area contributed by atoms with Crippen molar-refractivity contribution in [2.45, 2.75) is 26.4 Å². The number of rotatable bonds is 3. The molecule has 0 radical (unpaired) electrons. The predicted molar refractivity (Wildman–Crippen MR) is 54.1 cm³/mol. The molecule has 5 heteroatoms. The molecule has 0 saturated heterocycles. The highest BCUT2D eigenvalue weighted by atomic mass is 16.5. The highest BCUT2D eigenvalue weighted by molar-refractivity contribution is 5.37. The number of nitrogens with one attached hydrogen (secondary N) is 1. The summed E-state index contributed by atoms with van der Waals surface area (Å²) in [7, 11) is 1.55. The van der Waals surface area contributed by atoms with Gasteiger partial charge in [-0.05, 0) is 13.3 Å². The highest BCUT2D eigenvalue weighted by Gasteiger charge is 2.11. The Kier molecular flexibility index (Phi) is 3.24. The molecule has 0 aliphatic rings. The van der Waals surface area contributed by atoms with Crippen LogP contribution in [0, 0.1) is 0 Å². The van der Waals surface area contributed by atoms with Gasteiger partial charge in [-0.2, -0.15) is 0 Å². The van der Waals surface area contributed by atoms with Gasteiger partial charge < -0.3 is 15.5 Å². The number of hydrogen-bond donors (Lipinski definition) is 2. The first-order valence-corrected chi connectivity index (χ1v) is 4.51. The summed E-state index contributed by atoms with van der Waals surface area (Å²) < 4.78 is 5.03. The van der Waals surface area contributed by atoms with Gasteiger partial charge in [0, 0.05) is 7.11 Å². The number of aromatic amines is 1. The van der Waals surface area contributed by atoms with Crippen LogP contribution in [0.1, 0.15) is 31.3 Å². The van der Waals surface area contributed by atoms with Crippen molar-refractivity contribution in [3.05, 3.63) is 21.7 Å². The lowest BCUT2D eigenvalue weighted by atomic mass is 10.2. The molecule has 1 aromatic heterocycles. The lowest BCUT2D eigenvalue weighted by Gasteiger charge is -2.10. The predicted octanol–water partition coefficient (Wildman–Crippen LogP) is 0.622. The van der Waals surface area contributed by atoms with E-state index in [1.54, 1.807) is 14.0 Å². The number of methoxy groups -OCH3 is 1. The van der Waals surface area contributed by atoms with E-state index in [1.807, 2.05) is 6.92 Å². The molecule has 1 rings (SSSR count). The Hall–Kier alpha value is -1.36. The van der Waals surface area contributed by atoms with Crippen molar-refractivity contribution in [3.8, 4) is 0 Å². The Bertz CT molecular complexity index is 373. The van der Waals surface area contributed by atoms with Crippen molar-refractivity contribution < 1.29 is 4.74 Å². The lowest BCUT2D eigenvalue weighted by molar-refractivity contribution is 0.112. The molecule has 0 spiro atoms. The third kappa shape index (κ3) is 1.93. The van der Waals surface area contributed by atoms with Crippen LogP contribution in [0.25, 0.3) is 0 Å². The second kappa shape index (κ2) is 4.23. The van der Waals surface area contributed by atoms with Crippen LogP contribution in [-0.4, -0.2) is 17.1 Å². The zero-order valence-electron chi connectivity index (χ0n) is 8.63. The summed E-state index contributed by atoms with van der Waals surface area (Å²) in [5.41, 5.74) is 5.98. The zero-order chi connectivity index (χ0) is 10.7. The molecule has 78 valence electrons. The van der Waals surface area contributed by atoms with Gasteiger partial charge in [0.05, 0.1) is 5.56 Å². The summed E-state index contributed by atoms with van der Waals surface area (Å²) in [5.74, 6) is 0.752. The van der Waals surface area contributed by atoms with Crippen LogP contribution in [0.3, 0.4) is 0 Å². The van der Waals surface area contributed by atoms with Crippen LogP contribution in [0.5, 0.6) is 0 Å². The first-order valence-electron chi connectivity index (χ1n) is 4.51. The molecule has 1 aromatic rings. The molecule has 1 atom stereocenters. The maximum Gasteiger partial charge on any atom is 0.256 e. The van der Waals surface area contributed by atoms with E-state index >= 15 is 0 Å². The first kappa shape index (κ1) is 10.7. The summed E-state index contributed by atoms with van der Waals surface area (Å²) in [6, 6.07) is 0. The van der Waals surface area contributed by atoms with E-state index in [4.69, 9.17) is 10.5 Å². The number of anilines is 1. The van der Waals surface area contributed by atoms with Crippen LogP contribution < -0.4 is 11.3 Å². The molecule has 0 fully saturated rings. The Morgan fingerprint density at radius 1 is 1.64 bits per heavy atom. The van der Waals surface area contributed by atoms with E-state index in [-0.39, 0.29) is 17.5 Å². The van der Waals surface area contributed by atoms with Gasteiger partial charge in [-0.1, -0.05) is 6.92 Å². The van der Waals surface area contributed by atoms with Crippen molar-refractivity contribution in [3.63, 3.8) is 0 Å². The monoisotopic (exact) mass is 197 g/mol. The maximum absolute atomic E-state index is 11.5. The largest absolute Gasteiger partial charge is 0.383 e. The van der Waals surface area contributed by atoms with Gasteiger partial charge in [-0.25, -0.2) is 4.98 Å². The molecule has 0 aliphatic carbocycles. The van der Waals surface area contributed by atoms with E-state index in [0.29, 0.717) is 17.8 Å². The van der Waals surface area contributed by atoms with Gasteiger partial charge in [0.25, 0.3) is 5.56 Å². The van der Waals surface area contributed by atoms with Gasteiger partial charge in [0.15, 0.2) is 0 Å². The van der Waals surface area contributed by atoms with E-state index in [9.17, 15) is 4.79 Å². The average molecular weight is 197 g/mol. The van der Waals surface area contributed by atoms with Crippen LogP contribution in [0.15, 0.2) is 4.79 Å². The van der Waals surface area contributed by atoms with E-state index in [0.717, 1.165) is 0 Å². The summed E-state index contributed by atoms with van der Waals surface area (Å²) in [5, 5.41) is 0. The number of nitrogens with zero attached hydrogens (tertiary/aromatic N) is 1. The minimum absolute atomic E-state index is 0.182. The lowest BCUT2D eigenvalue weighted by Crippen LogP contribution is -2.20. The topological polar surface area (TPSA) is 81.0 Å². The third-order valence-corrected chi connectivity index (χ3v) is 2.16. The summed E-state index contributed by atoms with van der Waals surface area (Å²) in [4.78, 5) is 18.2. The fraction of sp³-hybridized carbons (Fsp3) is 0.556. The van der Waals surface area contributed by atoms with E-state index in [1.165, 1.54) is 0 Å². The van der Waals surface area contributed by atoms with E-state index < -0.39 is 0 Å². The number of aromatic nitrogens is 2. The molecule has 0 aromatic carbocycles. The molecule has 3 N–H and O–H groups in total. The van der Waals surface area contributed by atoms with Crippen molar-refractivity contribution in [1.82, 2.24) is 9.97 Å². The molecule has 0 amide bonds. The van der Waals surface area contributed by atoms with Gasteiger partial charge in [-0.15, -0.1) is 0 Å². The Morgan fingerprint density at radius 3 is 2.71 bits per heavy atom. The van der Waals surface area contributed by atoms with Gasteiger partial charge in [0.2, 0.25) is 0 Å². The Balaban J connectivity index is 3.21. The van der Waals surface area contributed by atoms with Crippen molar-refractivity contribution >= 4 is 5.82 Å². The van der Waals surface area contributed by atoms with E-state index in [2.05, 4.69) is 9.97 Å². The minimum Gasteiger partial charge on any atom is -0.383 e. The van der Waals surface area contributed by atoms with Crippen molar-refractivity contribution in [2.75, 3.05) is 12.8 Å². The summed E-state index contributed by atoms with van der Waals surface area (Å²) >= 11 is 0. The van der Waals surface area contributed by atoms with Crippen LogP contribution in [0.2, 0.25) is 0 Å². The number of nitrogens with two attached hydrogens (primary N) is 1. The van der Waals surface area contributed by atoms with Crippen LogP contribution in [-0.2, 0) is 11.2 Å². The number of H-pyrrole nitrogens is 1.